The first-order chi connectivity index (χ1) is 11.7. The number of methoxy groups -OCH3 is 2. The lowest BCUT2D eigenvalue weighted by atomic mass is 10.0. The van der Waals surface area contributed by atoms with Crippen LogP contribution in [0.4, 0.5) is 0 Å². The fraction of sp³-hybridized carbons (Fsp3) is 0.150. The number of ether oxygens (including phenoxy) is 2. The number of hydrogen-bond donors (Lipinski definition) is 1. The number of rotatable bonds is 5. The van der Waals surface area contributed by atoms with Gasteiger partial charge in [0.25, 0.3) is 5.91 Å². The van der Waals surface area contributed by atoms with Crippen molar-refractivity contribution in [1.29, 1.82) is 0 Å². The Morgan fingerprint density at radius 1 is 0.875 bits per heavy atom. The summed E-state index contributed by atoms with van der Waals surface area (Å²) >= 11 is 0. The molecule has 0 atom stereocenters. The van der Waals surface area contributed by atoms with Crippen LogP contribution in [0.2, 0.25) is 0 Å². The first-order valence-electron chi connectivity index (χ1n) is 7.70. The molecule has 3 rings (SSSR count). The molecule has 0 spiro atoms. The van der Waals surface area contributed by atoms with Crippen molar-refractivity contribution in [3.63, 3.8) is 0 Å². The summed E-state index contributed by atoms with van der Waals surface area (Å²) in [4.78, 5) is 12.6. The van der Waals surface area contributed by atoms with E-state index in [-0.39, 0.29) is 5.91 Å². The molecule has 0 unspecified atom stereocenters. The van der Waals surface area contributed by atoms with Crippen LogP contribution in [0.5, 0.6) is 11.5 Å². The maximum atomic E-state index is 12.6. The summed E-state index contributed by atoms with van der Waals surface area (Å²) in [5.74, 6) is 1.45. The molecule has 0 bridgehead atoms. The van der Waals surface area contributed by atoms with E-state index in [0.29, 0.717) is 12.1 Å². The van der Waals surface area contributed by atoms with Crippen molar-refractivity contribution in [2.45, 2.75) is 6.54 Å². The molecular weight excluding hydrogens is 302 g/mol. The van der Waals surface area contributed by atoms with Crippen LogP contribution in [0.3, 0.4) is 0 Å². The fourth-order valence-corrected chi connectivity index (χ4v) is 2.67. The SMILES string of the molecule is COc1ccc(CNC(=O)c2ccc(OC)c3ccccc23)cc1. The third kappa shape index (κ3) is 3.18. The van der Waals surface area contributed by atoms with Gasteiger partial charge >= 0.3 is 0 Å². The Hall–Kier alpha value is -3.01. The van der Waals surface area contributed by atoms with Crippen molar-refractivity contribution in [1.82, 2.24) is 5.32 Å². The summed E-state index contributed by atoms with van der Waals surface area (Å²) in [6, 6.07) is 19.0. The lowest BCUT2D eigenvalue weighted by Crippen LogP contribution is -2.23. The van der Waals surface area contributed by atoms with Crippen LogP contribution in [0.15, 0.2) is 60.7 Å². The molecule has 0 aliphatic carbocycles. The van der Waals surface area contributed by atoms with Crippen LogP contribution in [0.25, 0.3) is 10.8 Å². The molecule has 0 aromatic heterocycles. The van der Waals surface area contributed by atoms with Gasteiger partial charge in [-0.25, -0.2) is 0 Å². The Morgan fingerprint density at radius 3 is 2.25 bits per heavy atom. The lowest BCUT2D eigenvalue weighted by molar-refractivity contribution is 0.0952. The quantitative estimate of drug-likeness (QED) is 0.778. The zero-order valence-corrected chi connectivity index (χ0v) is 13.7. The van der Waals surface area contributed by atoms with E-state index < -0.39 is 0 Å². The number of amides is 1. The van der Waals surface area contributed by atoms with Crippen molar-refractivity contribution in [3.05, 3.63) is 71.8 Å². The number of hydrogen-bond acceptors (Lipinski definition) is 3. The van der Waals surface area contributed by atoms with Gasteiger partial charge in [0.05, 0.1) is 14.2 Å². The molecule has 4 nitrogen and oxygen atoms in total. The van der Waals surface area contributed by atoms with Crippen molar-refractivity contribution in [2.24, 2.45) is 0 Å². The van der Waals surface area contributed by atoms with Gasteiger partial charge in [-0.3, -0.25) is 4.79 Å². The molecule has 0 radical (unpaired) electrons. The predicted octanol–water partition coefficient (Wildman–Crippen LogP) is 3.79. The highest BCUT2D eigenvalue weighted by atomic mass is 16.5. The number of carbonyl (C=O) groups is 1. The van der Waals surface area contributed by atoms with E-state index >= 15 is 0 Å². The molecule has 0 heterocycles. The van der Waals surface area contributed by atoms with E-state index in [0.717, 1.165) is 27.8 Å². The first-order valence-corrected chi connectivity index (χ1v) is 7.70. The molecule has 0 saturated carbocycles. The van der Waals surface area contributed by atoms with Gasteiger partial charge in [0.1, 0.15) is 11.5 Å². The predicted molar refractivity (Wildman–Crippen MR) is 94.7 cm³/mol. The third-order valence-electron chi connectivity index (χ3n) is 3.96. The smallest absolute Gasteiger partial charge is 0.252 e. The summed E-state index contributed by atoms with van der Waals surface area (Å²) in [5, 5.41) is 4.77. The second-order valence-electron chi connectivity index (χ2n) is 5.39. The van der Waals surface area contributed by atoms with Crippen LogP contribution in [-0.2, 0) is 6.54 Å². The summed E-state index contributed by atoms with van der Waals surface area (Å²) in [6.07, 6.45) is 0. The molecule has 3 aromatic carbocycles. The van der Waals surface area contributed by atoms with E-state index in [1.165, 1.54) is 0 Å². The zero-order chi connectivity index (χ0) is 16.9. The summed E-state index contributed by atoms with van der Waals surface area (Å²) < 4.78 is 10.5. The second kappa shape index (κ2) is 7.04. The monoisotopic (exact) mass is 321 g/mol. The Morgan fingerprint density at radius 2 is 1.58 bits per heavy atom. The lowest BCUT2D eigenvalue weighted by Gasteiger charge is -2.11. The maximum Gasteiger partial charge on any atom is 0.252 e. The van der Waals surface area contributed by atoms with Crippen molar-refractivity contribution < 1.29 is 14.3 Å². The number of nitrogens with one attached hydrogen (secondary N) is 1. The second-order valence-corrected chi connectivity index (χ2v) is 5.39. The molecule has 0 saturated heterocycles. The number of carbonyl (C=O) groups excluding carboxylic acids is 1. The highest BCUT2D eigenvalue weighted by Crippen LogP contribution is 2.28. The molecule has 122 valence electrons. The van der Waals surface area contributed by atoms with Crippen LogP contribution in [0.1, 0.15) is 15.9 Å². The third-order valence-corrected chi connectivity index (χ3v) is 3.96. The molecule has 24 heavy (non-hydrogen) atoms. The van der Waals surface area contributed by atoms with E-state index in [4.69, 9.17) is 9.47 Å². The van der Waals surface area contributed by atoms with E-state index in [1.54, 1.807) is 20.3 Å². The molecule has 0 fully saturated rings. The zero-order valence-electron chi connectivity index (χ0n) is 13.7. The van der Waals surface area contributed by atoms with Gasteiger partial charge in [-0.2, -0.15) is 0 Å². The number of benzene rings is 3. The normalized spacial score (nSPS) is 10.4. The largest absolute Gasteiger partial charge is 0.497 e. The maximum absolute atomic E-state index is 12.6. The van der Waals surface area contributed by atoms with E-state index in [9.17, 15) is 4.79 Å². The average molecular weight is 321 g/mol. The average Bonchev–Trinajstić information content (AvgIpc) is 2.65. The van der Waals surface area contributed by atoms with Crippen molar-refractivity contribution >= 4 is 16.7 Å². The van der Waals surface area contributed by atoms with E-state index in [1.807, 2.05) is 54.6 Å². The summed E-state index contributed by atoms with van der Waals surface area (Å²) in [5.41, 5.74) is 1.65. The van der Waals surface area contributed by atoms with E-state index in [2.05, 4.69) is 5.32 Å². The molecule has 1 amide bonds. The first kappa shape index (κ1) is 15.9. The molecule has 0 aliphatic heterocycles. The topological polar surface area (TPSA) is 47.6 Å². The molecular formula is C20H19NO3. The fourth-order valence-electron chi connectivity index (χ4n) is 2.67. The van der Waals surface area contributed by atoms with Crippen LogP contribution < -0.4 is 14.8 Å². The Labute approximate surface area is 141 Å². The van der Waals surface area contributed by atoms with Crippen molar-refractivity contribution in [2.75, 3.05) is 14.2 Å². The van der Waals surface area contributed by atoms with Crippen LogP contribution in [-0.4, -0.2) is 20.1 Å². The molecule has 4 heteroatoms. The van der Waals surface area contributed by atoms with Gasteiger partial charge in [0.15, 0.2) is 0 Å². The highest BCUT2D eigenvalue weighted by Gasteiger charge is 2.12. The van der Waals surface area contributed by atoms with Crippen molar-refractivity contribution in [3.8, 4) is 11.5 Å². The van der Waals surface area contributed by atoms with Gasteiger partial charge in [0, 0.05) is 17.5 Å². The molecule has 3 aromatic rings. The Bertz CT molecular complexity index is 856. The Balaban J connectivity index is 1.81. The van der Waals surface area contributed by atoms with Gasteiger partial charge in [-0.05, 0) is 35.2 Å². The van der Waals surface area contributed by atoms with Gasteiger partial charge in [-0.15, -0.1) is 0 Å². The summed E-state index contributed by atoms with van der Waals surface area (Å²) in [7, 11) is 3.26. The van der Waals surface area contributed by atoms with Crippen LogP contribution >= 0.6 is 0 Å². The van der Waals surface area contributed by atoms with Gasteiger partial charge in [-0.1, -0.05) is 36.4 Å². The summed E-state index contributed by atoms with van der Waals surface area (Å²) in [6.45, 7) is 0.461. The standard InChI is InChI=1S/C20H19NO3/c1-23-15-9-7-14(8-10-15)13-21-20(22)18-11-12-19(24-2)17-6-4-3-5-16(17)18/h3-12H,13H2,1-2H3,(H,21,22). The van der Waals surface area contributed by atoms with Gasteiger partial charge in [0.2, 0.25) is 0 Å². The minimum absolute atomic E-state index is 0.107. The minimum atomic E-state index is -0.107. The number of fused-ring (bicyclic) bond motifs is 1. The Kier molecular flexibility index (Phi) is 4.66. The molecule has 1 N–H and O–H groups in total. The van der Waals surface area contributed by atoms with Gasteiger partial charge < -0.3 is 14.8 Å². The highest BCUT2D eigenvalue weighted by molar-refractivity contribution is 6.08. The van der Waals surface area contributed by atoms with Crippen LogP contribution in [0, 0.1) is 0 Å². The minimum Gasteiger partial charge on any atom is -0.497 e. The molecule has 0 aliphatic rings.